The molecule has 9 nitrogen and oxygen atoms in total. The predicted octanol–water partition coefficient (Wildman–Crippen LogP) is 1.07. The van der Waals surface area contributed by atoms with Crippen molar-refractivity contribution >= 4 is 11.6 Å². The number of nitro groups is 1. The number of nitrogens with two attached hydrogens (primary N) is 1. The van der Waals surface area contributed by atoms with Crippen LogP contribution in [0, 0.1) is 17.0 Å². The summed E-state index contributed by atoms with van der Waals surface area (Å²) in [6.45, 7) is 1.64. The van der Waals surface area contributed by atoms with Gasteiger partial charge in [-0.2, -0.15) is 0 Å². The number of amides is 1. The maximum Gasteiger partial charge on any atom is 0.311 e. The van der Waals surface area contributed by atoms with E-state index in [4.69, 9.17) is 15.1 Å². The van der Waals surface area contributed by atoms with Crippen molar-refractivity contribution in [2.45, 2.75) is 13.5 Å². The van der Waals surface area contributed by atoms with E-state index in [1.54, 1.807) is 13.0 Å². The normalized spacial score (nSPS) is 10.2. The molecule has 21 heavy (non-hydrogen) atoms. The number of nitrogens with zero attached hydrogens (tertiary/aromatic N) is 2. The monoisotopic (exact) mass is 292 g/mol. The number of ether oxygens (including phenoxy) is 1. The summed E-state index contributed by atoms with van der Waals surface area (Å²) in [6, 6.07) is 5.93. The average molecular weight is 292 g/mol. The van der Waals surface area contributed by atoms with Gasteiger partial charge in [-0.3, -0.25) is 20.3 Å². The summed E-state index contributed by atoms with van der Waals surface area (Å²) < 4.78 is 10.2. The summed E-state index contributed by atoms with van der Waals surface area (Å²) in [7, 11) is 0. The Balaban J connectivity index is 2.11. The first kappa shape index (κ1) is 14.5. The quantitative estimate of drug-likeness (QED) is 0.364. The molecule has 1 amide bonds. The largest absolute Gasteiger partial charge is 0.479 e. The Kier molecular flexibility index (Phi) is 4.14. The fraction of sp³-hybridized carbons (Fsp3) is 0.167. The first-order valence-corrected chi connectivity index (χ1v) is 5.85. The number of carbonyl (C=O) groups excluding carboxylic acids is 1. The highest BCUT2D eigenvalue weighted by molar-refractivity contribution is 5.91. The van der Waals surface area contributed by atoms with E-state index in [-0.39, 0.29) is 29.5 Å². The van der Waals surface area contributed by atoms with Gasteiger partial charge in [-0.1, -0.05) is 11.2 Å². The number of aryl methyl sites for hydroxylation is 1. The van der Waals surface area contributed by atoms with Crippen LogP contribution in [0.25, 0.3) is 0 Å². The number of nitro benzene ring substituents is 1. The van der Waals surface area contributed by atoms with Crippen molar-refractivity contribution in [3.63, 3.8) is 0 Å². The van der Waals surface area contributed by atoms with Gasteiger partial charge in [0.2, 0.25) is 0 Å². The van der Waals surface area contributed by atoms with Crippen LogP contribution in [-0.2, 0) is 6.61 Å². The standard InChI is InChI=1S/C12H12N4O5/c1-7-2-3-11(10(4-7)16(18)19)20-6-8-5-9(15-21-8)12(17)14-13/h2-5H,6,13H2,1H3,(H,14,17). The van der Waals surface area contributed by atoms with Crippen LogP contribution >= 0.6 is 0 Å². The van der Waals surface area contributed by atoms with Crippen molar-refractivity contribution in [3.05, 3.63) is 51.4 Å². The molecule has 0 aliphatic carbocycles. The lowest BCUT2D eigenvalue weighted by Gasteiger charge is -2.05. The van der Waals surface area contributed by atoms with Crippen LogP contribution in [0.15, 0.2) is 28.8 Å². The molecule has 2 rings (SSSR count). The second kappa shape index (κ2) is 6.01. The molecular weight excluding hydrogens is 280 g/mol. The number of benzene rings is 1. The van der Waals surface area contributed by atoms with Crippen molar-refractivity contribution in [1.29, 1.82) is 0 Å². The zero-order chi connectivity index (χ0) is 15.4. The van der Waals surface area contributed by atoms with Gasteiger partial charge < -0.3 is 9.26 Å². The maximum absolute atomic E-state index is 11.2. The Morgan fingerprint density at radius 2 is 2.29 bits per heavy atom. The van der Waals surface area contributed by atoms with Crippen molar-refractivity contribution in [1.82, 2.24) is 10.6 Å². The number of nitrogen functional groups attached to an aromatic ring is 1. The van der Waals surface area contributed by atoms with Crippen LogP contribution in [0.5, 0.6) is 5.75 Å². The number of rotatable bonds is 5. The van der Waals surface area contributed by atoms with Gasteiger partial charge in [-0.15, -0.1) is 0 Å². The van der Waals surface area contributed by atoms with E-state index in [0.717, 1.165) is 5.56 Å². The number of carbonyl (C=O) groups is 1. The van der Waals surface area contributed by atoms with Gasteiger partial charge >= 0.3 is 5.69 Å². The van der Waals surface area contributed by atoms with E-state index >= 15 is 0 Å². The lowest BCUT2D eigenvalue weighted by Crippen LogP contribution is -2.30. The van der Waals surface area contributed by atoms with Crippen LogP contribution in [0.1, 0.15) is 21.8 Å². The highest BCUT2D eigenvalue weighted by Gasteiger charge is 2.17. The van der Waals surface area contributed by atoms with Crippen LogP contribution in [0.2, 0.25) is 0 Å². The second-order valence-corrected chi connectivity index (χ2v) is 4.17. The SMILES string of the molecule is Cc1ccc(OCc2cc(C(=O)NN)no2)c([N+](=O)[O-])c1. The molecule has 3 N–H and O–H groups in total. The molecule has 0 saturated carbocycles. The molecule has 110 valence electrons. The highest BCUT2D eigenvalue weighted by atomic mass is 16.6. The molecule has 0 atom stereocenters. The van der Waals surface area contributed by atoms with Crippen LogP contribution < -0.4 is 16.0 Å². The zero-order valence-corrected chi connectivity index (χ0v) is 11.0. The molecule has 9 heteroatoms. The van der Waals surface area contributed by atoms with Crippen LogP contribution in [0.3, 0.4) is 0 Å². The zero-order valence-electron chi connectivity index (χ0n) is 11.0. The summed E-state index contributed by atoms with van der Waals surface area (Å²) in [6.07, 6.45) is 0. The molecule has 0 fully saturated rings. The molecule has 0 aliphatic heterocycles. The fourth-order valence-corrected chi connectivity index (χ4v) is 1.60. The molecule has 0 spiro atoms. The maximum atomic E-state index is 11.2. The summed E-state index contributed by atoms with van der Waals surface area (Å²) >= 11 is 0. The molecule has 0 unspecified atom stereocenters. The number of hydrogen-bond donors (Lipinski definition) is 2. The van der Waals surface area contributed by atoms with E-state index in [9.17, 15) is 14.9 Å². The summed E-state index contributed by atoms with van der Waals surface area (Å²) in [4.78, 5) is 21.6. The third-order valence-corrected chi connectivity index (χ3v) is 2.60. The third-order valence-electron chi connectivity index (χ3n) is 2.60. The highest BCUT2D eigenvalue weighted by Crippen LogP contribution is 2.28. The molecule has 0 aliphatic rings. The van der Waals surface area contributed by atoms with Crippen molar-refractivity contribution in [2.75, 3.05) is 0 Å². The van der Waals surface area contributed by atoms with Crippen molar-refractivity contribution in [3.8, 4) is 5.75 Å². The van der Waals surface area contributed by atoms with Gasteiger partial charge in [0, 0.05) is 12.1 Å². The summed E-state index contributed by atoms with van der Waals surface area (Å²) in [5.41, 5.74) is 2.50. The molecule has 2 aromatic rings. The van der Waals surface area contributed by atoms with Crippen molar-refractivity contribution < 1.29 is 19.0 Å². The Morgan fingerprint density at radius 1 is 1.52 bits per heavy atom. The number of hydrogen-bond acceptors (Lipinski definition) is 7. The van der Waals surface area contributed by atoms with Crippen LogP contribution in [0.4, 0.5) is 5.69 Å². The average Bonchev–Trinajstić information content (AvgIpc) is 2.93. The van der Waals surface area contributed by atoms with Crippen molar-refractivity contribution in [2.24, 2.45) is 5.84 Å². The van der Waals surface area contributed by atoms with Gasteiger partial charge in [0.05, 0.1) is 4.92 Å². The van der Waals surface area contributed by atoms with Crippen LogP contribution in [-0.4, -0.2) is 16.0 Å². The van der Waals surface area contributed by atoms with Gasteiger partial charge in [-0.25, -0.2) is 5.84 Å². The first-order valence-electron chi connectivity index (χ1n) is 5.85. The molecular formula is C12H12N4O5. The fourth-order valence-electron chi connectivity index (χ4n) is 1.60. The third kappa shape index (κ3) is 3.34. The van der Waals surface area contributed by atoms with E-state index < -0.39 is 10.8 Å². The molecule has 0 saturated heterocycles. The lowest BCUT2D eigenvalue weighted by atomic mass is 10.2. The molecule has 1 aromatic carbocycles. The smallest absolute Gasteiger partial charge is 0.311 e. The van der Waals surface area contributed by atoms with E-state index in [2.05, 4.69) is 5.16 Å². The Morgan fingerprint density at radius 3 is 2.95 bits per heavy atom. The minimum atomic E-state index is -0.605. The summed E-state index contributed by atoms with van der Waals surface area (Å²) in [5, 5.41) is 14.4. The minimum Gasteiger partial charge on any atom is -0.479 e. The predicted molar refractivity (Wildman–Crippen MR) is 70.3 cm³/mol. The van der Waals surface area contributed by atoms with Gasteiger partial charge in [0.25, 0.3) is 5.91 Å². The number of hydrazine groups is 1. The molecule has 1 aromatic heterocycles. The van der Waals surface area contributed by atoms with Gasteiger partial charge in [-0.05, 0) is 18.6 Å². The molecule has 0 bridgehead atoms. The van der Waals surface area contributed by atoms with E-state index in [1.165, 1.54) is 18.2 Å². The number of nitrogens with one attached hydrogen (secondary N) is 1. The number of aromatic nitrogens is 1. The Labute approximate surface area is 118 Å². The lowest BCUT2D eigenvalue weighted by molar-refractivity contribution is -0.386. The second-order valence-electron chi connectivity index (χ2n) is 4.17. The molecule has 1 heterocycles. The minimum absolute atomic E-state index is 0.00509. The Bertz CT molecular complexity index is 682. The van der Waals surface area contributed by atoms with Gasteiger partial charge in [0.1, 0.15) is 6.61 Å². The Hall–Kier alpha value is -2.94. The van der Waals surface area contributed by atoms with E-state index in [0.29, 0.717) is 0 Å². The molecule has 0 radical (unpaired) electrons. The van der Waals surface area contributed by atoms with Gasteiger partial charge in [0.15, 0.2) is 17.2 Å². The first-order chi connectivity index (χ1) is 10.0. The topological polar surface area (TPSA) is 134 Å². The summed E-state index contributed by atoms with van der Waals surface area (Å²) in [5.74, 6) is 4.70. The van der Waals surface area contributed by atoms with E-state index in [1.807, 2.05) is 5.43 Å².